The molecule has 0 bridgehead atoms. The third-order valence-electron chi connectivity index (χ3n) is 5.66. The number of hydrogen-bond donors (Lipinski definition) is 1. The molecule has 1 atom stereocenters. The maximum absolute atomic E-state index is 13.1. The molecule has 1 N–H and O–H groups in total. The zero-order valence-corrected chi connectivity index (χ0v) is 20.3. The van der Waals surface area contributed by atoms with Crippen LogP contribution in [0.5, 0.6) is 11.6 Å². The van der Waals surface area contributed by atoms with Gasteiger partial charge in [-0.3, -0.25) is 9.67 Å². The number of fused-ring (bicyclic) bond motifs is 1. The van der Waals surface area contributed by atoms with E-state index in [9.17, 15) is 18.3 Å². The number of aliphatic hydroxyl groups is 1. The molecule has 8 nitrogen and oxygen atoms in total. The Morgan fingerprint density at radius 2 is 1.81 bits per heavy atom. The topological polar surface area (TPSA) is 91.5 Å². The molecule has 0 saturated heterocycles. The number of halogens is 4. The number of aryl methyl sites for hydroxylation is 1. The standard InChI is InChI=1S/C24H22ClF3N4O4/c1-32-19(8-9-30-32)23(33,15-5-7-18(29-13-15)24(26,27)28)14-4-6-17-16(12-14)20(25)21(22(31-17)35-3)36-11-10-34-2/h4-9,12-13,33H,10-11H2,1-3H3. The Labute approximate surface area is 209 Å². The van der Waals surface area contributed by atoms with Crippen molar-refractivity contribution in [2.75, 3.05) is 27.4 Å². The lowest BCUT2D eigenvalue weighted by Gasteiger charge is -2.30. The number of benzene rings is 1. The molecule has 12 heteroatoms. The van der Waals surface area contributed by atoms with Gasteiger partial charge in [0.1, 0.15) is 12.3 Å². The maximum atomic E-state index is 13.1. The lowest BCUT2D eigenvalue weighted by Crippen LogP contribution is -2.32. The highest BCUT2D eigenvalue weighted by Crippen LogP contribution is 2.43. The van der Waals surface area contributed by atoms with Gasteiger partial charge in [-0.1, -0.05) is 23.7 Å². The van der Waals surface area contributed by atoms with Crippen molar-refractivity contribution in [1.82, 2.24) is 19.7 Å². The fraction of sp³-hybridized carbons (Fsp3) is 0.292. The van der Waals surface area contributed by atoms with Crippen molar-refractivity contribution in [2.24, 2.45) is 7.05 Å². The summed E-state index contributed by atoms with van der Waals surface area (Å²) >= 11 is 6.68. The Balaban J connectivity index is 1.91. The number of nitrogens with zero attached hydrogens (tertiary/aromatic N) is 4. The molecule has 36 heavy (non-hydrogen) atoms. The second-order valence-corrected chi connectivity index (χ2v) is 8.20. The van der Waals surface area contributed by atoms with Gasteiger partial charge in [-0.2, -0.15) is 18.3 Å². The number of alkyl halides is 3. The van der Waals surface area contributed by atoms with Crippen LogP contribution in [0, 0.1) is 0 Å². The van der Waals surface area contributed by atoms with Crippen molar-refractivity contribution in [2.45, 2.75) is 11.8 Å². The molecule has 1 aromatic carbocycles. The highest BCUT2D eigenvalue weighted by molar-refractivity contribution is 6.37. The predicted octanol–water partition coefficient (Wildman–Crippen LogP) is 4.35. The van der Waals surface area contributed by atoms with E-state index in [1.54, 1.807) is 31.3 Å². The van der Waals surface area contributed by atoms with E-state index in [0.717, 1.165) is 12.3 Å². The van der Waals surface area contributed by atoms with Crippen molar-refractivity contribution in [3.05, 3.63) is 76.3 Å². The maximum Gasteiger partial charge on any atom is 0.433 e. The second kappa shape index (κ2) is 9.92. The highest BCUT2D eigenvalue weighted by Gasteiger charge is 2.39. The summed E-state index contributed by atoms with van der Waals surface area (Å²) in [6.07, 6.45) is -2.16. The normalized spacial score (nSPS) is 13.6. The zero-order chi connectivity index (χ0) is 26.1. The van der Waals surface area contributed by atoms with Gasteiger partial charge in [0.05, 0.1) is 29.9 Å². The number of aromatic nitrogens is 4. The minimum Gasteiger partial charge on any atom is -0.484 e. The molecule has 0 saturated carbocycles. The predicted molar refractivity (Wildman–Crippen MR) is 125 cm³/mol. The first-order valence-corrected chi connectivity index (χ1v) is 11.0. The quantitative estimate of drug-likeness (QED) is 0.344. The van der Waals surface area contributed by atoms with E-state index in [0.29, 0.717) is 28.8 Å². The van der Waals surface area contributed by atoms with E-state index in [1.807, 2.05) is 0 Å². The summed E-state index contributed by atoms with van der Waals surface area (Å²) < 4.78 is 56.8. The molecule has 0 fully saturated rings. The molecule has 1 unspecified atom stereocenters. The lowest BCUT2D eigenvalue weighted by atomic mass is 9.83. The van der Waals surface area contributed by atoms with Crippen molar-refractivity contribution >= 4 is 22.5 Å². The second-order valence-electron chi connectivity index (χ2n) is 7.82. The molecule has 4 aromatic rings. The zero-order valence-electron chi connectivity index (χ0n) is 19.5. The fourth-order valence-corrected chi connectivity index (χ4v) is 4.15. The van der Waals surface area contributed by atoms with E-state index in [2.05, 4.69) is 15.1 Å². The van der Waals surface area contributed by atoms with Crippen molar-refractivity contribution in [3.8, 4) is 11.6 Å². The van der Waals surface area contributed by atoms with Gasteiger partial charge in [0.2, 0.25) is 5.75 Å². The largest absolute Gasteiger partial charge is 0.484 e. The molecular weight excluding hydrogens is 501 g/mol. The molecule has 190 valence electrons. The van der Waals surface area contributed by atoms with Crippen LogP contribution in [0.4, 0.5) is 13.2 Å². The molecule has 0 aliphatic heterocycles. The van der Waals surface area contributed by atoms with Gasteiger partial charge < -0.3 is 19.3 Å². The number of pyridine rings is 2. The lowest BCUT2D eigenvalue weighted by molar-refractivity contribution is -0.141. The van der Waals surface area contributed by atoms with Crippen molar-refractivity contribution in [1.29, 1.82) is 0 Å². The summed E-state index contributed by atoms with van der Waals surface area (Å²) in [7, 11) is 4.57. The SMILES string of the molecule is COCCOc1c(OC)nc2ccc(C(O)(c3ccc(C(F)(F)F)nc3)c3ccnn3C)cc2c1Cl. The molecule has 0 spiro atoms. The van der Waals surface area contributed by atoms with Gasteiger partial charge >= 0.3 is 6.18 Å². The summed E-state index contributed by atoms with van der Waals surface area (Å²) in [5, 5.41) is 16.8. The van der Waals surface area contributed by atoms with Crippen LogP contribution in [-0.2, 0) is 23.6 Å². The Kier molecular flexibility index (Phi) is 7.07. The fourth-order valence-electron chi connectivity index (χ4n) is 3.87. The van der Waals surface area contributed by atoms with E-state index in [-0.39, 0.29) is 28.8 Å². The van der Waals surface area contributed by atoms with Crippen LogP contribution in [0.15, 0.2) is 48.8 Å². The number of rotatable bonds is 8. The number of methoxy groups -OCH3 is 2. The van der Waals surface area contributed by atoms with Crippen LogP contribution < -0.4 is 9.47 Å². The van der Waals surface area contributed by atoms with Crippen LogP contribution in [-0.4, -0.2) is 52.3 Å². The van der Waals surface area contributed by atoms with E-state index in [4.69, 9.17) is 25.8 Å². The number of hydrogen-bond acceptors (Lipinski definition) is 7. The van der Waals surface area contributed by atoms with Crippen LogP contribution in [0.2, 0.25) is 5.02 Å². The summed E-state index contributed by atoms with van der Waals surface area (Å²) in [5.74, 6) is 0.367. The average molecular weight is 523 g/mol. The van der Waals surface area contributed by atoms with Crippen LogP contribution in [0.25, 0.3) is 10.9 Å². The Morgan fingerprint density at radius 3 is 2.39 bits per heavy atom. The van der Waals surface area contributed by atoms with E-state index < -0.39 is 17.5 Å². The van der Waals surface area contributed by atoms with Gasteiger partial charge in [-0.25, -0.2) is 4.98 Å². The molecule has 3 heterocycles. The molecule has 4 rings (SSSR count). The van der Waals surface area contributed by atoms with Gasteiger partial charge in [-0.05, 0) is 29.8 Å². The average Bonchev–Trinajstić information content (AvgIpc) is 3.30. The van der Waals surface area contributed by atoms with Crippen LogP contribution >= 0.6 is 11.6 Å². The molecular formula is C24H22ClF3N4O4. The summed E-state index contributed by atoms with van der Waals surface area (Å²) in [6, 6.07) is 8.38. The monoisotopic (exact) mass is 522 g/mol. The minimum absolute atomic E-state index is 0.104. The summed E-state index contributed by atoms with van der Waals surface area (Å²) in [4.78, 5) is 7.98. The number of ether oxygens (including phenoxy) is 3. The first-order chi connectivity index (χ1) is 17.1. The van der Waals surface area contributed by atoms with Gasteiger partial charge in [0.15, 0.2) is 5.60 Å². The van der Waals surface area contributed by atoms with E-state index in [1.165, 1.54) is 31.2 Å². The molecule has 3 aromatic heterocycles. The molecule has 0 aliphatic rings. The molecule has 0 radical (unpaired) electrons. The van der Waals surface area contributed by atoms with Gasteiger partial charge in [0, 0.05) is 37.5 Å². The third kappa shape index (κ3) is 4.57. The van der Waals surface area contributed by atoms with Gasteiger partial charge in [-0.15, -0.1) is 0 Å². The third-order valence-corrected chi connectivity index (χ3v) is 6.03. The van der Waals surface area contributed by atoms with E-state index >= 15 is 0 Å². The smallest absolute Gasteiger partial charge is 0.433 e. The highest BCUT2D eigenvalue weighted by atomic mass is 35.5. The van der Waals surface area contributed by atoms with Crippen molar-refractivity contribution < 1.29 is 32.5 Å². The first kappa shape index (κ1) is 25.7. The Morgan fingerprint density at radius 1 is 1.06 bits per heavy atom. The van der Waals surface area contributed by atoms with Gasteiger partial charge in [0.25, 0.3) is 5.88 Å². The van der Waals surface area contributed by atoms with Crippen LogP contribution in [0.1, 0.15) is 22.5 Å². The van der Waals surface area contributed by atoms with Crippen LogP contribution in [0.3, 0.4) is 0 Å². The molecule has 0 amide bonds. The Bertz CT molecular complexity index is 1380. The Hall–Kier alpha value is -3.41. The summed E-state index contributed by atoms with van der Waals surface area (Å²) in [6.45, 7) is 0.494. The first-order valence-electron chi connectivity index (χ1n) is 10.6. The van der Waals surface area contributed by atoms with Crippen molar-refractivity contribution in [3.63, 3.8) is 0 Å². The summed E-state index contributed by atoms with van der Waals surface area (Å²) in [5.41, 5.74) is -1.83. The minimum atomic E-state index is -4.62. The molecule has 0 aliphatic carbocycles.